The summed E-state index contributed by atoms with van der Waals surface area (Å²) < 4.78 is 3.22. The zero-order valence-electron chi connectivity index (χ0n) is 17.7. The van der Waals surface area contributed by atoms with Gasteiger partial charge < -0.3 is 9.30 Å². The first-order valence-corrected chi connectivity index (χ1v) is 11.1. The molecule has 0 saturated carbocycles. The van der Waals surface area contributed by atoms with E-state index in [1.807, 2.05) is 54.0 Å². The maximum atomic E-state index is 13.1. The van der Waals surface area contributed by atoms with E-state index in [9.17, 15) is 4.79 Å². The molecule has 0 N–H and O–H groups in total. The van der Waals surface area contributed by atoms with Crippen molar-refractivity contribution in [2.45, 2.75) is 32.9 Å². The molecule has 0 saturated heterocycles. The van der Waals surface area contributed by atoms with Gasteiger partial charge in [-0.3, -0.25) is 9.69 Å². The molecule has 3 aromatic heterocycles. The van der Waals surface area contributed by atoms with Crippen LogP contribution in [0, 0.1) is 0 Å². The highest BCUT2D eigenvalue weighted by molar-refractivity contribution is 7.18. The van der Waals surface area contributed by atoms with Crippen molar-refractivity contribution in [2.75, 3.05) is 20.6 Å². The summed E-state index contributed by atoms with van der Waals surface area (Å²) in [5.41, 5.74) is 3.29. The summed E-state index contributed by atoms with van der Waals surface area (Å²) in [6.45, 7) is 4.21. The highest BCUT2D eigenvalue weighted by atomic mass is 32.1. The van der Waals surface area contributed by atoms with Crippen molar-refractivity contribution in [1.82, 2.24) is 24.2 Å². The largest absolute Gasteiger partial charge is 0.340 e. The molecule has 1 aromatic carbocycles. The number of benzene rings is 1. The van der Waals surface area contributed by atoms with Gasteiger partial charge in [0.25, 0.3) is 5.91 Å². The second-order valence-corrected chi connectivity index (χ2v) is 8.78. The summed E-state index contributed by atoms with van der Waals surface area (Å²) in [6.07, 6.45) is 4.02. The maximum Gasteiger partial charge on any atom is 0.274 e. The van der Waals surface area contributed by atoms with E-state index in [1.165, 1.54) is 4.70 Å². The Morgan fingerprint density at radius 2 is 1.87 bits per heavy atom. The molecule has 4 aromatic rings. The Kier molecular flexibility index (Phi) is 6.11. The predicted molar refractivity (Wildman–Crippen MR) is 122 cm³/mol. The van der Waals surface area contributed by atoms with Crippen molar-refractivity contribution in [2.24, 2.45) is 0 Å². The molecule has 0 unspecified atom stereocenters. The van der Waals surface area contributed by atoms with Gasteiger partial charge in [-0.2, -0.15) is 0 Å². The van der Waals surface area contributed by atoms with Gasteiger partial charge in [0.05, 0.1) is 22.5 Å². The number of amides is 1. The molecule has 0 aliphatic carbocycles. The molecule has 0 aliphatic rings. The van der Waals surface area contributed by atoms with Crippen LogP contribution in [0.4, 0.5) is 0 Å². The molecule has 6 nitrogen and oxygen atoms in total. The molecule has 0 aliphatic heterocycles. The smallest absolute Gasteiger partial charge is 0.274 e. The standard InChI is InChI=1S/C23H27N5OS/c1-4-5-13-27(3)23(29)22-18(28-14-9-8-12-20(28)25-22)15-26(2)16-21-24-17-10-6-7-11-19(17)30-21/h6-12,14H,4-5,13,15-16H2,1-3H3. The monoisotopic (exact) mass is 421 g/mol. The summed E-state index contributed by atoms with van der Waals surface area (Å²) in [4.78, 5) is 26.5. The Balaban J connectivity index is 1.59. The molecule has 0 atom stereocenters. The topological polar surface area (TPSA) is 53.7 Å². The summed E-state index contributed by atoms with van der Waals surface area (Å²) in [7, 11) is 3.92. The summed E-state index contributed by atoms with van der Waals surface area (Å²) in [5, 5.41) is 1.07. The minimum atomic E-state index is -0.0180. The predicted octanol–water partition coefficient (Wildman–Crippen LogP) is 4.45. The molecule has 4 rings (SSSR count). The SMILES string of the molecule is CCCCN(C)C(=O)c1nc2ccccn2c1CN(C)Cc1nc2ccccc2s1. The third kappa shape index (κ3) is 4.22. The van der Waals surface area contributed by atoms with E-state index in [-0.39, 0.29) is 5.91 Å². The summed E-state index contributed by atoms with van der Waals surface area (Å²) in [5.74, 6) is -0.0180. The van der Waals surface area contributed by atoms with Crippen LogP contribution in [-0.4, -0.2) is 50.7 Å². The number of nitrogens with zero attached hydrogens (tertiary/aromatic N) is 5. The molecule has 7 heteroatoms. The lowest BCUT2D eigenvalue weighted by Gasteiger charge is -2.19. The van der Waals surface area contributed by atoms with Crippen LogP contribution in [-0.2, 0) is 13.1 Å². The highest BCUT2D eigenvalue weighted by Gasteiger charge is 2.23. The van der Waals surface area contributed by atoms with Crippen molar-refractivity contribution >= 4 is 33.1 Å². The van der Waals surface area contributed by atoms with E-state index in [2.05, 4.69) is 29.9 Å². The number of fused-ring (bicyclic) bond motifs is 2. The fraction of sp³-hybridized carbons (Fsp3) is 0.348. The molecule has 0 spiro atoms. The van der Waals surface area contributed by atoms with Crippen molar-refractivity contribution in [3.05, 3.63) is 65.1 Å². The van der Waals surface area contributed by atoms with Crippen LogP contribution in [0.1, 0.15) is 41.0 Å². The van der Waals surface area contributed by atoms with E-state index >= 15 is 0 Å². The number of hydrogen-bond acceptors (Lipinski definition) is 5. The number of carbonyl (C=O) groups is 1. The second kappa shape index (κ2) is 8.93. The van der Waals surface area contributed by atoms with Gasteiger partial charge in [0.2, 0.25) is 0 Å². The van der Waals surface area contributed by atoms with Crippen LogP contribution < -0.4 is 0 Å². The zero-order chi connectivity index (χ0) is 21.1. The van der Waals surface area contributed by atoms with Crippen LogP contribution >= 0.6 is 11.3 Å². The molecule has 0 fully saturated rings. The average Bonchev–Trinajstić information content (AvgIpc) is 3.32. The van der Waals surface area contributed by atoms with Gasteiger partial charge in [-0.15, -0.1) is 11.3 Å². The first-order valence-electron chi connectivity index (χ1n) is 10.3. The Morgan fingerprint density at radius 3 is 2.67 bits per heavy atom. The summed E-state index contributed by atoms with van der Waals surface area (Å²) >= 11 is 1.72. The van der Waals surface area contributed by atoms with E-state index in [4.69, 9.17) is 4.98 Å². The van der Waals surface area contributed by atoms with Crippen molar-refractivity contribution < 1.29 is 4.79 Å². The third-order valence-electron chi connectivity index (χ3n) is 5.19. The molecule has 0 radical (unpaired) electrons. The first kappa shape index (κ1) is 20.5. The Bertz CT molecular complexity index is 1130. The average molecular weight is 422 g/mol. The van der Waals surface area contributed by atoms with Gasteiger partial charge in [0.1, 0.15) is 10.7 Å². The number of imidazole rings is 1. The molecule has 1 amide bonds. The van der Waals surface area contributed by atoms with Crippen LogP contribution in [0.25, 0.3) is 15.9 Å². The van der Waals surface area contributed by atoms with Crippen LogP contribution in [0.2, 0.25) is 0 Å². The van der Waals surface area contributed by atoms with Crippen molar-refractivity contribution in [3.8, 4) is 0 Å². The minimum Gasteiger partial charge on any atom is -0.340 e. The number of pyridine rings is 1. The van der Waals surface area contributed by atoms with Gasteiger partial charge in [0, 0.05) is 26.3 Å². The van der Waals surface area contributed by atoms with E-state index < -0.39 is 0 Å². The van der Waals surface area contributed by atoms with Gasteiger partial charge in [-0.25, -0.2) is 9.97 Å². The number of rotatable bonds is 8. The number of thiazole rings is 1. The van der Waals surface area contributed by atoms with Gasteiger partial charge in [-0.05, 0) is 37.7 Å². The van der Waals surface area contributed by atoms with E-state index in [0.717, 1.165) is 47.8 Å². The van der Waals surface area contributed by atoms with Gasteiger partial charge >= 0.3 is 0 Å². The fourth-order valence-corrected chi connectivity index (χ4v) is 4.62. The van der Waals surface area contributed by atoms with Crippen molar-refractivity contribution in [3.63, 3.8) is 0 Å². The number of para-hydroxylation sites is 1. The minimum absolute atomic E-state index is 0.0180. The maximum absolute atomic E-state index is 13.1. The summed E-state index contributed by atoms with van der Waals surface area (Å²) in [6, 6.07) is 14.1. The Hall–Kier alpha value is -2.77. The second-order valence-electron chi connectivity index (χ2n) is 7.66. The number of unbranched alkanes of at least 4 members (excludes halogenated alkanes) is 1. The number of hydrogen-bond donors (Lipinski definition) is 0. The molecular formula is C23H27N5OS. The van der Waals surface area contributed by atoms with E-state index in [0.29, 0.717) is 12.2 Å². The highest BCUT2D eigenvalue weighted by Crippen LogP contribution is 2.23. The van der Waals surface area contributed by atoms with Crippen LogP contribution in [0.5, 0.6) is 0 Å². The van der Waals surface area contributed by atoms with Crippen LogP contribution in [0.3, 0.4) is 0 Å². The van der Waals surface area contributed by atoms with Crippen LogP contribution in [0.15, 0.2) is 48.7 Å². The zero-order valence-corrected chi connectivity index (χ0v) is 18.5. The lowest BCUT2D eigenvalue weighted by atomic mass is 10.2. The van der Waals surface area contributed by atoms with Gasteiger partial charge in [0.15, 0.2) is 5.69 Å². The molecular weight excluding hydrogens is 394 g/mol. The van der Waals surface area contributed by atoms with E-state index in [1.54, 1.807) is 16.2 Å². The van der Waals surface area contributed by atoms with Gasteiger partial charge in [-0.1, -0.05) is 31.5 Å². The fourth-order valence-electron chi connectivity index (χ4n) is 3.58. The van der Waals surface area contributed by atoms with Crippen molar-refractivity contribution in [1.29, 1.82) is 0 Å². The lowest BCUT2D eigenvalue weighted by Crippen LogP contribution is -2.30. The Morgan fingerprint density at radius 1 is 1.07 bits per heavy atom. The lowest BCUT2D eigenvalue weighted by molar-refractivity contribution is 0.0786. The molecule has 0 bridgehead atoms. The molecule has 156 valence electrons. The number of carbonyl (C=O) groups excluding carboxylic acids is 1. The first-order chi connectivity index (χ1) is 14.6. The Labute approximate surface area is 180 Å². The quantitative estimate of drug-likeness (QED) is 0.422. The molecule has 30 heavy (non-hydrogen) atoms. The third-order valence-corrected chi connectivity index (χ3v) is 6.21. The normalized spacial score (nSPS) is 11.6. The number of aromatic nitrogens is 3. The molecule has 3 heterocycles.